The summed E-state index contributed by atoms with van der Waals surface area (Å²) in [6.07, 6.45) is 3.76. The van der Waals surface area contributed by atoms with Gasteiger partial charge in [-0.05, 0) is 37.5 Å². The van der Waals surface area contributed by atoms with Crippen molar-refractivity contribution in [3.05, 3.63) is 40.8 Å². The molecular weight excluding hydrogens is 384 g/mol. The lowest BCUT2D eigenvalue weighted by Gasteiger charge is -2.38. The number of fused-ring (bicyclic) bond motifs is 3. The van der Waals surface area contributed by atoms with E-state index in [2.05, 4.69) is 17.9 Å². The molecule has 0 bridgehead atoms. The minimum absolute atomic E-state index is 0.122. The van der Waals surface area contributed by atoms with Gasteiger partial charge in [-0.2, -0.15) is 0 Å². The molecule has 6 heteroatoms. The molecule has 2 aliphatic rings. The van der Waals surface area contributed by atoms with Crippen molar-refractivity contribution >= 4 is 23.2 Å². The van der Waals surface area contributed by atoms with Crippen LogP contribution in [0.5, 0.6) is 5.75 Å². The lowest BCUT2D eigenvalue weighted by molar-refractivity contribution is -0.130. The van der Waals surface area contributed by atoms with Gasteiger partial charge in [0.2, 0.25) is 5.91 Å². The Morgan fingerprint density at radius 2 is 2.00 bits per heavy atom. The zero-order valence-electron chi connectivity index (χ0n) is 17.1. The molecule has 1 saturated heterocycles. The number of para-hydroxylation sites is 1. The van der Waals surface area contributed by atoms with Crippen LogP contribution in [0.1, 0.15) is 54.8 Å². The largest absolute Gasteiger partial charge is 0.488 e. The lowest BCUT2D eigenvalue weighted by Crippen LogP contribution is -2.48. The number of piperidine rings is 1. The second-order valence-electron chi connectivity index (χ2n) is 7.84. The SMILES string of the molecule is CCCCN(C(=O)c1cc2c(s1)-c1ccccc1OC2)C1CCN(C(C)=O)CC1. The van der Waals surface area contributed by atoms with E-state index < -0.39 is 0 Å². The highest BCUT2D eigenvalue weighted by molar-refractivity contribution is 7.17. The zero-order valence-corrected chi connectivity index (χ0v) is 18.0. The molecular formula is C23H28N2O3S. The van der Waals surface area contributed by atoms with Gasteiger partial charge in [-0.3, -0.25) is 9.59 Å². The van der Waals surface area contributed by atoms with Crippen LogP contribution in [0.15, 0.2) is 30.3 Å². The van der Waals surface area contributed by atoms with Gasteiger partial charge in [0, 0.05) is 48.6 Å². The van der Waals surface area contributed by atoms with Gasteiger partial charge >= 0.3 is 0 Å². The van der Waals surface area contributed by atoms with Gasteiger partial charge < -0.3 is 14.5 Å². The summed E-state index contributed by atoms with van der Waals surface area (Å²) < 4.78 is 5.86. The Hall–Kier alpha value is -2.34. The Morgan fingerprint density at radius 3 is 2.72 bits per heavy atom. The van der Waals surface area contributed by atoms with Crippen molar-refractivity contribution in [2.45, 2.75) is 52.2 Å². The number of hydrogen-bond acceptors (Lipinski definition) is 4. The highest BCUT2D eigenvalue weighted by atomic mass is 32.1. The molecule has 0 saturated carbocycles. The molecule has 29 heavy (non-hydrogen) atoms. The molecule has 1 aromatic carbocycles. The maximum Gasteiger partial charge on any atom is 0.264 e. The number of hydrogen-bond donors (Lipinski definition) is 0. The average Bonchev–Trinajstić information content (AvgIpc) is 3.19. The van der Waals surface area contributed by atoms with Crippen LogP contribution in [-0.4, -0.2) is 47.3 Å². The van der Waals surface area contributed by atoms with Crippen molar-refractivity contribution in [1.82, 2.24) is 9.80 Å². The van der Waals surface area contributed by atoms with Gasteiger partial charge in [0.25, 0.3) is 5.91 Å². The number of carbonyl (C=O) groups is 2. The fourth-order valence-corrected chi connectivity index (χ4v) is 5.37. The first-order chi connectivity index (χ1) is 14.1. The third kappa shape index (κ3) is 4.04. The average molecular weight is 413 g/mol. The van der Waals surface area contributed by atoms with E-state index in [0.29, 0.717) is 6.61 Å². The highest BCUT2D eigenvalue weighted by Crippen LogP contribution is 2.42. The Morgan fingerprint density at radius 1 is 1.24 bits per heavy atom. The summed E-state index contributed by atoms with van der Waals surface area (Å²) in [7, 11) is 0. The maximum absolute atomic E-state index is 13.5. The van der Waals surface area contributed by atoms with Gasteiger partial charge in [0.05, 0.1) is 4.88 Å². The summed E-state index contributed by atoms with van der Waals surface area (Å²) in [5, 5.41) is 0. The summed E-state index contributed by atoms with van der Waals surface area (Å²) in [6, 6.07) is 10.2. The maximum atomic E-state index is 13.5. The standard InChI is InChI=1S/C23H28N2O3S/c1-3-4-11-25(18-9-12-24(13-10-18)16(2)26)23(27)21-14-17-15-28-20-8-6-5-7-19(20)22(17)29-21/h5-8,14,18H,3-4,9-13,15H2,1-2H3. The topological polar surface area (TPSA) is 49.9 Å². The second kappa shape index (κ2) is 8.57. The van der Waals surface area contributed by atoms with Crippen LogP contribution >= 0.6 is 11.3 Å². The molecule has 5 nitrogen and oxygen atoms in total. The second-order valence-corrected chi connectivity index (χ2v) is 8.89. The van der Waals surface area contributed by atoms with E-state index in [9.17, 15) is 9.59 Å². The third-order valence-corrected chi connectivity index (χ3v) is 7.10. The van der Waals surface area contributed by atoms with Crippen LogP contribution < -0.4 is 4.74 Å². The van der Waals surface area contributed by atoms with Gasteiger partial charge in [-0.25, -0.2) is 0 Å². The van der Waals surface area contributed by atoms with E-state index in [-0.39, 0.29) is 17.9 Å². The Labute approximate surface area is 176 Å². The Bertz CT molecular complexity index is 899. The smallest absolute Gasteiger partial charge is 0.264 e. The molecule has 4 rings (SSSR count). The molecule has 0 aliphatic carbocycles. The number of likely N-dealkylation sites (tertiary alicyclic amines) is 1. The summed E-state index contributed by atoms with van der Waals surface area (Å²) in [4.78, 5) is 31.0. The van der Waals surface area contributed by atoms with Gasteiger partial charge in [-0.15, -0.1) is 11.3 Å². The summed E-state index contributed by atoms with van der Waals surface area (Å²) in [5.41, 5.74) is 2.17. The molecule has 0 atom stereocenters. The van der Waals surface area contributed by atoms with Crippen molar-refractivity contribution in [3.63, 3.8) is 0 Å². The van der Waals surface area contributed by atoms with Crippen LogP contribution in [0, 0.1) is 0 Å². The van der Waals surface area contributed by atoms with Crippen LogP contribution in [0.4, 0.5) is 0 Å². The molecule has 0 N–H and O–H groups in total. The predicted molar refractivity (Wildman–Crippen MR) is 115 cm³/mol. The quantitative estimate of drug-likeness (QED) is 0.723. The van der Waals surface area contributed by atoms with Crippen molar-refractivity contribution in [2.75, 3.05) is 19.6 Å². The number of amides is 2. The van der Waals surface area contributed by atoms with Crippen molar-refractivity contribution in [3.8, 4) is 16.2 Å². The van der Waals surface area contributed by atoms with Crippen LogP contribution in [0.25, 0.3) is 10.4 Å². The Kier molecular flexibility index (Phi) is 5.90. The number of rotatable bonds is 5. The molecule has 2 aromatic rings. The number of nitrogens with zero attached hydrogens (tertiary/aromatic N) is 2. The van der Waals surface area contributed by atoms with E-state index in [4.69, 9.17) is 4.74 Å². The number of thiophene rings is 1. The van der Waals surface area contributed by atoms with Crippen LogP contribution in [0.3, 0.4) is 0 Å². The molecule has 0 unspecified atom stereocenters. The normalized spacial score (nSPS) is 16.0. The number of ether oxygens (including phenoxy) is 1. The first-order valence-corrected chi connectivity index (χ1v) is 11.3. The number of unbranched alkanes of at least 4 members (excludes halogenated alkanes) is 1. The fourth-order valence-electron chi connectivity index (χ4n) is 4.22. The van der Waals surface area contributed by atoms with Gasteiger partial charge in [-0.1, -0.05) is 25.5 Å². The molecule has 2 amide bonds. The van der Waals surface area contributed by atoms with E-state index in [1.165, 1.54) is 0 Å². The monoisotopic (exact) mass is 412 g/mol. The van der Waals surface area contributed by atoms with Crippen LogP contribution in [-0.2, 0) is 11.4 Å². The molecule has 2 aliphatic heterocycles. The molecule has 1 aromatic heterocycles. The first kappa shape index (κ1) is 20.0. The summed E-state index contributed by atoms with van der Waals surface area (Å²) >= 11 is 1.58. The van der Waals surface area contributed by atoms with Gasteiger partial charge in [0.15, 0.2) is 0 Å². The molecule has 0 radical (unpaired) electrons. The third-order valence-electron chi connectivity index (χ3n) is 5.90. The van der Waals surface area contributed by atoms with Crippen molar-refractivity contribution in [2.24, 2.45) is 0 Å². The molecule has 0 spiro atoms. The predicted octanol–water partition coefficient (Wildman–Crippen LogP) is 4.56. The van der Waals surface area contributed by atoms with Gasteiger partial charge in [0.1, 0.15) is 12.4 Å². The Balaban J connectivity index is 1.56. The van der Waals surface area contributed by atoms with E-state index in [1.54, 1.807) is 18.3 Å². The summed E-state index contributed by atoms with van der Waals surface area (Å²) in [6.45, 7) is 6.53. The number of benzene rings is 1. The minimum Gasteiger partial charge on any atom is -0.488 e. The van der Waals surface area contributed by atoms with Crippen molar-refractivity contribution < 1.29 is 14.3 Å². The molecule has 1 fully saturated rings. The minimum atomic E-state index is 0.122. The molecule has 3 heterocycles. The molecule has 154 valence electrons. The van der Waals surface area contributed by atoms with Crippen molar-refractivity contribution in [1.29, 1.82) is 0 Å². The lowest BCUT2D eigenvalue weighted by atomic mass is 10.0. The number of carbonyl (C=O) groups excluding carboxylic acids is 2. The fraction of sp³-hybridized carbons (Fsp3) is 0.478. The van der Waals surface area contributed by atoms with E-state index >= 15 is 0 Å². The van der Waals surface area contributed by atoms with E-state index in [1.807, 2.05) is 29.2 Å². The van der Waals surface area contributed by atoms with Crippen LogP contribution in [0.2, 0.25) is 0 Å². The summed E-state index contributed by atoms with van der Waals surface area (Å²) in [5.74, 6) is 1.14. The highest BCUT2D eigenvalue weighted by Gasteiger charge is 2.31. The first-order valence-electron chi connectivity index (χ1n) is 10.5. The zero-order chi connectivity index (χ0) is 20.4. The van der Waals surface area contributed by atoms with E-state index in [0.717, 1.165) is 71.9 Å².